The van der Waals surface area contributed by atoms with Gasteiger partial charge in [0, 0.05) is 23.7 Å². The fourth-order valence-corrected chi connectivity index (χ4v) is 3.91. The minimum atomic E-state index is 0.381. The molecule has 144 valence electrons. The first kappa shape index (κ1) is 18.7. The first-order valence-corrected chi connectivity index (χ1v) is 9.69. The van der Waals surface area contributed by atoms with Gasteiger partial charge in [0.05, 0.1) is 23.5 Å². The van der Waals surface area contributed by atoms with Crippen LogP contribution in [0.2, 0.25) is 5.02 Å². The highest BCUT2D eigenvalue weighted by Gasteiger charge is 2.26. The summed E-state index contributed by atoms with van der Waals surface area (Å²) in [6, 6.07) is 13.1. The standard InChI is InChI=1S/C22H22ClN3O2/c1-25-11-3-4-19(25)22-24-13-20(26(22)2)15-6-9-18(10-7-15)28-21-12-17(23)8-5-16(21)14-27/h5-10,12-14,19H,3-4,11H2,1-2H3. The first-order valence-electron chi connectivity index (χ1n) is 9.31. The molecule has 1 fully saturated rings. The number of benzene rings is 2. The maximum Gasteiger partial charge on any atom is 0.153 e. The highest BCUT2D eigenvalue weighted by atomic mass is 35.5. The Morgan fingerprint density at radius 1 is 1.18 bits per heavy atom. The zero-order chi connectivity index (χ0) is 19.7. The molecule has 1 unspecified atom stereocenters. The maximum atomic E-state index is 11.2. The van der Waals surface area contributed by atoms with Crippen molar-refractivity contribution in [2.24, 2.45) is 7.05 Å². The highest BCUT2D eigenvalue weighted by molar-refractivity contribution is 6.30. The van der Waals surface area contributed by atoms with Crippen LogP contribution in [0.25, 0.3) is 11.3 Å². The monoisotopic (exact) mass is 395 g/mol. The van der Waals surface area contributed by atoms with Gasteiger partial charge in [-0.2, -0.15) is 0 Å². The third kappa shape index (κ3) is 3.55. The second kappa shape index (κ2) is 7.78. The lowest BCUT2D eigenvalue weighted by Crippen LogP contribution is -2.20. The van der Waals surface area contributed by atoms with Crippen molar-refractivity contribution in [1.29, 1.82) is 0 Å². The molecule has 4 rings (SSSR count). The smallest absolute Gasteiger partial charge is 0.153 e. The fraction of sp³-hybridized carbons (Fsp3) is 0.273. The van der Waals surface area contributed by atoms with Crippen LogP contribution >= 0.6 is 11.6 Å². The molecule has 1 saturated heterocycles. The third-order valence-electron chi connectivity index (χ3n) is 5.32. The van der Waals surface area contributed by atoms with E-state index in [1.54, 1.807) is 18.2 Å². The van der Waals surface area contributed by atoms with Crippen LogP contribution in [-0.4, -0.2) is 34.3 Å². The molecule has 0 aliphatic carbocycles. The lowest BCUT2D eigenvalue weighted by Gasteiger charge is -2.19. The Morgan fingerprint density at radius 2 is 1.96 bits per heavy atom. The SMILES string of the molecule is CN1CCCC1c1ncc(-c2ccc(Oc3cc(Cl)ccc3C=O)cc2)n1C. The Kier molecular flexibility index (Phi) is 5.20. The lowest BCUT2D eigenvalue weighted by molar-refractivity contribution is 0.112. The quantitative estimate of drug-likeness (QED) is 0.563. The summed E-state index contributed by atoms with van der Waals surface area (Å²) in [7, 11) is 4.22. The number of halogens is 1. The molecule has 0 radical (unpaired) electrons. The van der Waals surface area contributed by atoms with E-state index in [-0.39, 0.29) is 0 Å². The van der Waals surface area contributed by atoms with Crippen LogP contribution in [0.15, 0.2) is 48.7 Å². The summed E-state index contributed by atoms with van der Waals surface area (Å²) in [5, 5.41) is 0.525. The molecule has 2 aromatic carbocycles. The summed E-state index contributed by atoms with van der Waals surface area (Å²) in [5.74, 6) is 2.19. The molecular formula is C22H22ClN3O2. The Bertz CT molecular complexity index is 998. The molecule has 6 heteroatoms. The highest BCUT2D eigenvalue weighted by Crippen LogP contribution is 2.33. The number of hydrogen-bond acceptors (Lipinski definition) is 4. The van der Waals surface area contributed by atoms with E-state index in [2.05, 4.69) is 28.5 Å². The second-order valence-electron chi connectivity index (χ2n) is 7.13. The summed E-state index contributed by atoms with van der Waals surface area (Å²) in [5.41, 5.74) is 2.60. The lowest BCUT2D eigenvalue weighted by atomic mass is 10.1. The van der Waals surface area contributed by atoms with Crippen molar-refractivity contribution in [3.63, 3.8) is 0 Å². The molecule has 1 aromatic heterocycles. The predicted octanol–water partition coefficient (Wildman–Crippen LogP) is 5.11. The number of aromatic nitrogens is 2. The molecule has 0 saturated carbocycles. The number of aldehydes is 1. The second-order valence-corrected chi connectivity index (χ2v) is 7.56. The zero-order valence-electron chi connectivity index (χ0n) is 15.9. The van der Waals surface area contributed by atoms with Crippen LogP contribution in [-0.2, 0) is 7.05 Å². The van der Waals surface area contributed by atoms with Crippen molar-refractivity contribution in [2.75, 3.05) is 13.6 Å². The summed E-state index contributed by atoms with van der Waals surface area (Å²) < 4.78 is 8.03. The van der Waals surface area contributed by atoms with E-state index in [1.807, 2.05) is 30.5 Å². The Balaban J connectivity index is 1.57. The Morgan fingerprint density at radius 3 is 2.64 bits per heavy atom. The molecular weight excluding hydrogens is 374 g/mol. The van der Waals surface area contributed by atoms with E-state index in [1.165, 1.54) is 6.42 Å². The number of carbonyl (C=O) groups excluding carboxylic acids is 1. The molecule has 0 bridgehead atoms. The molecule has 0 amide bonds. The van der Waals surface area contributed by atoms with E-state index >= 15 is 0 Å². The molecule has 0 N–H and O–H groups in total. The number of rotatable bonds is 5. The summed E-state index contributed by atoms with van der Waals surface area (Å²) in [4.78, 5) is 18.2. The maximum absolute atomic E-state index is 11.2. The third-order valence-corrected chi connectivity index (χ3v) is 5.56. The van der Waals surface area contributed by atoms with Gasteiger partial charge in [-0.15, -0.1) is 0 Å². The van der Waals surface area contributed by atoms with Crippen molar-refractivity contribution in [1.82, 2.24) is 14.5 Å². The molecule has 1 aliphatic heterocycles. The van der Waals surface area contributed by atoms with Crippen molar-refractivity contribution >= 4 is 17.9 Å². The summed E-state index contributed by atoms with van der Waals surface area (Å²) >= 11 is 6.02. The number of hydrogen-bond donors (Lipinski definition) is 0. The number of nitrogens with zero attached hydrogens (tertiary/aromatic N) is 3. The topological polar surface area (TPSA) is 47.4 Å². The number of carbonyl (C=O) groups is 1. The average molecular weight is 396 g/mol. The van der Waals surface area contributed by atoms with E-state index < -0.39 is 0 Å². The normalized spacial score (nSPS) is 17.0. The molecule has 28 heavy (non-hydrogen) atoms. The minimum Gasteiger partial charge on any atom is -0.457 e. The van der Waals surface area contributed by atoms with E-state index in [4.69, 9.17) is 16.3 Å². The molecule has 5 nitrogen and oxygen atoms in total. The molecule has 0 spiro atoms. The van der Waals surface area contributed by atoms with Gasteiger partial charge in [0.2, 0.25) is 0 Å². The minimum absolute atomic E-state index is 0.381. The van der Waals surface area contributed by atoms with Crippen LogP contribution in [0.4, 0.5) is 0 Å². The van der Waals surface area contributed by atoms with Crippen LogP contribution in [0.5, 0.6) is 11.5 Å². The van der Waals surface area contributed by atoms with Crippen LogP contribution in [0, 0.1) is 0 Å². The average Bonchev–Trinajstić information content (AvgIpc) is 3.28. The predicted molar refractivity (Wildman–Crippen MR) is 110 cm³/mol. The molecule has 3 aromatic rings. The molecule has 1 aliphatic rings. The first-order chi connectivity index (χ1) is 13.6. The van der Waals surface area contributed by atoms with Crippen molar-refractivity contribution < 1.29 is 9.53 Å². The van der Waals surface area contributed by atoms with Crippen LogP contribution < -0.4 is 4.74 Å². The zero-order valence-corrected chi connectivity index (χ0v) is 16.7. The van der Waals surface area contributed by atoms with Gasteiger partial charge >= 0.3 is 0 Å². The van der Waals surface area contributed by atoms with Crippen molar-refractivity contribution in [2.45, 2.75) is 18.9 Å². The molecule has 1 atom stereocenters. The summed E-state index contributed by atoms with van der Waals surface area (Å²) in [6.07, 6.45) is 5.05. The van der Waals surface area contributed by atoms with Crippen LogP contribution in [0.3, 0.4) is 0 Å². The van der Waals surface area contributed by atoms with Gasteiger partial charge in [0.15, 0.2) is 6.29 Å². The van der Waals surface area contributed by atoms with E-state index in [0.29, 0.717) is 28.1 Å². The Hall–Kier alpha value is -2.63. The number of likely N-dealkylation sites (tertiary alicyclic amines) is 1. The fourth-order valence-electron chi connectivity index (χ4n) is 3.75. The van der Waals surface area contributed by atoms with Gasteiger partial charge < -0.3 is 9.30 Å². The van der Waals surface area contributed by atoms with E-state index in [0.717, 1.165) is 36.3 Å². The number of ether oxygens (including phenoxy) is 1. The van der Waals surface area contributed by atoms with Gasteiger partial charge in [-0.05, 0) is 62.8 Å². The van der Waals surface area contributed by atoms with Crippen molar-refractivity contribution in [3.05, 3.63) is 65.1 Å². The Labute approximate surface area is 169 Å². The van der Waals surface area contributed by atoms with Gasteiger partial charge in [0.1, 0.15) is 17.3 Å². The van der Waals surface area contributed by atoms with E-state index in [9.17, 15) is 4.79 Å². The van der Waals surface area contributed by atoms with Crippen molar-refractivity contribution in [3.8, 4) is 22.8 Å². The van der Waals surface area contributed by atoms with Gasteiger partial charge in [0.25, 0.3) is 0 Å². The molecule has 2 heterocycles. The van der Waals surface area contributed by atoms with Gasteiger partial charge in [-0.1, -0.05) is 11.6 Å². The van der Waals surface area contributed by atoms with Gasteiger partial charge in [-0.3, -0.25) is 9.69 Å². The summed E-state index contributed by atoms with van der Waals surface area (Å²) in [6.45, 7) is 1.12. The largest absolute Gasteiger partial charge is 0.457 e. The van der Waals surface area contributed by atoms with Gasteiger partial charge in [-0.25, -0.2) is 4.98 Å². The van der Waals surface area contributed by atoms with Crippen LogP contribution in [0.1, 0.15) is 35.1 Å². The number of imidazole rings is 1.